The summed E-state index contributed by atoms with van der Waals surface area (Å²) in [7, 11) is 0. The van der Waals surface area contributed by atoms with Gasteiger partial charge in [0.1, 0.15) is 5.82 Å². The summed E-state index contributed by atoms with van der Waals surface area (Å²) in [6.45, 7) is 4.48. The molecule has 0 saturated heterocycles. The Hall–Kier alpha value is -1.63. The Labute approximate surface area is 158 Å². The normalized spacial score (nSPS) is 20.3. The average Bonchev–Trinajstić information content (AvgIpc) is 2.68. The Morgan fingerprint density at radius 3 is 2.23 bits per heavy atom. The summed E-state index contributed by atoms with van der Waals surface area (Å²) in [5.74, 6) is 1.37. The Morgan fingerprint density at radius 2 is 1.62 bits per heavy atom. The highest BCUT2D eigenvalue weighted by atomic mass is 19.1. The van der Waals surface area contributed by atoms with Crippen LogP contribution in [0.1, 0.15) is 82.3 Å². The van der Waals surface area contributed by atoms with Gasteiger partial charge in [0.05, 0.1) is 0 Å². The van der Waals surface area contributed by atoms with Gasteiger partial charge < -0.3 is 0 Å². The minimum Gasteiger partial charge on any atom is -0.206 e. The Kier molecular flexibility index (Phi) is 6.88. The molecule has 0 spiro atoms. The predicted molar refractivity (Wildman–Crippen MR) is 110 cm³/mol. The predicted octanol–water partition coefficient (Wildman–Crippen LogP) is 7.91. The zero-order chi connectivity index (χ0) is 18.4. The van der Waals surface area contributed by atoms with E-state index < -0.39 is 0 Å². The summed E-state index contributed by atoms with van der Waals surface area (Å²) in [4.78, 5) is 0. The van der Waals surface area contributed by atoms with Crippen LogP contribution < -0.4 is 0 Å². The maximum absolute atomic E-state index is 14.8. The van der Waals surface area contributed by atoms with Crippen molar-refractivity contribution in [2.75, 3.05) is 0 Å². The van der Waals surface area contributed by atoms with Crippen molar-refractivity contribution in [1.82, 2.24) is 0 Å². The van der Waals surface area contributed by atoms with E-state index >= 15 is 0 Å². The maximum atomic E-state index is 14.8. The molecule has 0 atom stereocenters. The first-order chi connectivity index (χ1) is 12.7. The van der Waals surface area contributed by atoms with Crippen molar-refractivity contribution in [2.45, 2.75) is 77.6 Å². The lowest BCUT2D eigenvalue weighted by Gasteiger charge is -2.28. The lowest BCUT2D eigenvalue weighted by Crippen LogP contribution is -2.13. The van der Waals surface area contributed by atoms with Crippen LogP contribution in [0.15, 0.2) is 42.5 Å². The molecule has 1 saturated carbocycles. The highest BCUT2D eigenvalue weighted by molar-refractivity contribution is 5.65. The molecular formula is C25H33F. The van der Waals surface area contributed by atoms with Crippen LogP contribution in [0.2, 0.25) is 0 Å². The van der Waals surface area contributed by atoms with Gasteiger partial charge in [0.2, 0.25) is 0 Å². The molecule has 26 heavy (non-hydrogen) atoms. The van der Waals surface area contributed by atoms with E-state index in [2.05, 4.69) is 44.2 Å². The number of halogens is 1. The molecule has 1 fully saturated rings. The first kappa shape index (κ1) is 19.1. The number of hydrogen-bond donors (Lipinski definition) is 0. The van der Waals surface area contributed by atoms with Crippen LogP contribution in [0, 0.1) is 11.7 Å². The monoisotopic (exact) mass is 352 g/mol. The smallest absolute Gasteiger partial charge is 0.131 e. The van der Waals surface area contributed by atoms with E-state index in [1.54, 1.807) is 6.07 Å². The minimum atomic E-state index is -0.0699. The molecule has 1 aliphatic carbocycles. The fourth-order valence-corrected chi connectivity index (χ4v) is 4.44. The first-order valence-electron chi connectivity index (χ1n) is 10.6. The van der Waals surface area contributed by atoms with Gasteiger partial charge in [-0.1, -0.05) is 69.5 Å². The van der Waals surface area contributed by atoms with Gasteiger partial charge in [-0.15, -0.1) is 0 Å². The number of rotatable bonds is 7. The van der Waals surface area contributed by atoms with Gasteiger partial charge in [-0.25, -0.2) is 4.39 Å². The standard InChI is InChI=1S/C25H33F/c1-3-5-7-20-10-14-22(15-11-20)24-17-16-23(18-25(24)26)21-12-8-19(6-4-2)9-13-21/h10-11,14-19,21H,3-9,12-13H2,1-2H3. The van der Waals surface area contributed by atoms with Crippen molar-refractivity contribution in [3.63, 3.8) is 0 Å². The Balaban J connectivity index is 1.68. The highest BCUT2D eigenvalue weighted by Crippen LogP contribution is 2.38. The summed E-state index contributed by atoms with van der Waals surface area (Å²) in [5.41, 5.74) is 4.26. The van der Waals surface area contributed by atoms with E-state index in [1.165, 1.54) is 62.5 Å². The summed E-state index contributed by atoms with van der Waals surface area (Å²) < 4.78 is 14.8. The summed E-state index contributed by atoms with van der Waals surface area (Å²) in [5, 5.41) is 0. The molecule has 0 amide bonds. The van der Waals surface area contributed by atoms with Crippen LogP contribution in [-0.2, 0) is 6.42 Å². The largest absolute Gasteiger partial charge is 0.206 e. The molecule has 2 aromatic carbocycles. The lowest BCUT2D eigenvalue weighted by atomic mass is 9.77. The lowest BCUT2D eigenvalue weighted by molar-refractivity contribution is 0.308. The van der Waals surface area contributed by atoms with E-state index in [-0.39, 0.29) is 5.82 Å². The van der Waals surface area contributed by atoms with Gasteiger partial charge in [0.15, 0.2) is 0 Å². The fraction of sp³-hybridized carbons (Fsp3) is 0.520. The molecular weight excluding hydrogens is 319 g/mol. The van der Waals surface area contributed by atoms with Crippen molar-refractivity contribution >= 4 is 0 Å². The molecule has 0 bridgehead atoms. The molecule has 0 N–H and O–H groups in total. The molecule has 0 radical (unpaired) electrons. The van der Waals surface area contributed by atoms with E-state index in [0.29, 0.717) is 5.92 Å². The third kappa shape index (κ3) is 4.75. The second kappa shape index (κ2) is 9.35. The number of hydrogen-bond acceptors (Lipinski definition) is 0. The molecule has 140 valence electrons. The van der Waals surface area contributed by atoms with Crippen molar-refractivity contribution in [1.29, 1.82) is 0 Å². The van der Waals surface area contributed by atoms with E-state index in [4.69, 9.17) is 0 Å². The average molecular weight is 353 g/mol. The maximum Gasteiger partial charge on any atom is 0.131 e. The quantitative estimate of drug-likeness (QED) is 0.475. The molecule has 3 rings (SSSR count). The van der Waals surface area contributed by atoms with Crippen LogP contribution in [0.5, 0.6) is 0 Å². The third-order valence-corrected chi connectivity index (χ3v) is 6.09. The molecule has 0 unspecified atom stereocenters. The molecule has 0 heterocycles. The van der Waals surface area contributed by atoms with Crippen molar-refractivity contribution in [3.8, 4) is 11.1 Å². The fourth-order valence-electron chi connectivity index (χ4n) is 4.44. The summed E-state index contributed by atoms with van der Waals surface area (Å²) in [6.07, 6.45) is 11.2. The van der Waals surface area contributed by atoms with Gasteiger partial charge in [-0.2, -0.15) is 0 Å². The highest BCUT2D eigenvalue weighted by Gasteiger charge is 2.22. The van der Waals surface area contributed by atoms with Gasteiger partial charge in [-0.05, 0) is 73.1 Å². The zero-order valence-electron chi connectivity index (χ0n) is 16.4. The van der Waals surface area contributed by atoms with Gasteiger partial charge in [0.25, 0.3) is 0 Å². The molecule has 2 aromatic rings. The number of aryl methyl sites for hydroxylation is 1. The van der Waals surface area contributed by atoms with Crippen molar-refractivity contribution in [2.24, 2.45) is 5.92 Å². The number of unbranched alkanes of at least 4 members (excludes halogenated alkanes) is 1. The van der Waals surface area contributed by atoms with E-state index in [9.17, 15) is 4.39 Å². The second-order valence-corrected chi connectivity index (χ2v) is 8.05. The molecule has 0 nitrogen and oxygen atoms in total. The van der Waals surface area contributed by atoms with Crippen LogP contribution in [-0.4, -0.2) is 0 Å². The Bertz CT molecular complexity index is 678. The van der Waals surface area contributed by atoms with Crippen LogP contribution in [0.4, 0.5) is 4.39 Å². The van der Waals surface area contributed by atoms with E-state index in [1.807, 2.05) is 6.07 Å². The van der Waals surface area contributed by atoms with Crippen LogP contribution in [0.3, 0.4) is 0 Å². The zero-order valence-corrected chi connectivity index (χ0v) is 16.4. The SMILES string of the molecule is CCCCc1ccc(-c2ccc(C3CCC(CCC)CC3)cc2F)cc1. The van der Waals surface area contributed by atoms with Crippen LogP contribution in [0.25, 0.3) is 11.1 Å². The van der Waals surface area contributed by atoms with Crippen molar-refractivity contribution < 1.29 is 4.39 Å². The van der Waals surface area contributed by atoms with Crippen molar-refractivity contribution in [3.05, 3.63) is 59.4 Å². The molecule has 1 heteroatoms. The van der Waals surface area contributed by atoms with E-state index in [0.717, 1.165) is 23.5 Å². The molecule has 0 aromatic heterocycles. The topological polar surface area (TPSA) is 0 Å². The third-order valence-electron chi connectivity index (χ3n) is 6.09. The molecule has 1 aliphatic rings. The van der Waals surface area contributed by atoms with Gasteiger partial charge >= 0.3 is 0 Å². The first-order valence-corrected chi connectivity index (χ1v) is 10.6. The number of benzene rings is 2. The second-order valence-electron chi connectivity index (χ2n) is 8.05. The Morgan fingerprint density at radius 1 is 0.885 bits per heavy atom. The summed E-state index contributed by atoms with van der Waals surface area (Å²) in [6, 6.07) is 14.4. The molecule has 0 aliphatic heterocycles. The van der Waals surface area contributed by atoms with Crippen LogP contribution >= 0.6 is 0 Å². The van der Waals surface area contributed by atoms with Gasteiger partial charge in [-0.3, -0.25) is 0 Å². The summed E-state index contributed by atoms with van der Waals surface area (Å²) >= 11 is 0. The van der Waals surface area contributed by atoms with Gasteiger partial charge in [0, 0.05) is 5.56 Å². The minimum absolute atomic E-state index is 0.0699.